The van der Waals surface area contributed by atoms with Crippen LogP contribution in [0.5, 0.6) is 0 Å². The van der Waals surface area contributed by atoms with Crippen LogP contribution in [0.25, 0.3) is 11.0 Å². The molecule has 1 aromatic carbocycles. The monoisotopic (exact) mass is 237 g/mol. The summed E-state index contributed by atoms with van der Waals surface area (Å²) in [6, 6.07) is 6.21. The van der Waals surface area contributed by atoms with Gasteiger partial charge in [0.25, 0.3) is 0 Å². The number of imidazole rings is 1. The maximum absolute atomic E-state index is 6.07. The molecule has 0 saturated heterocycles. The number of nitrogens with zero attached hydrogens (tertiary/aromatic N) is 1. The van der Waals surface area contributed by atoms with Crippen LogP contribution in [-0.4, -0.2) is 22.6 Å². The minimum absolute atomic E-state index is 0.421. The number of aromatic amines is 1. The molecule has 3 nitrogen and oxygen atoms in total. The zero-order valence-electron chi connectivity index (χ0n) is 9.55. The van der Waals surface area contributed by atoms with Crippen molar-refractivity contribution in [3.05, 3.63) is 29.0 Å². The van der Waals surface area contributed by atoms with E-state index in [0.29, 0.717) is 11.1 Å². The highest BCUT2D eigenvalue weighted by Gasteiger charge is 2.08. The SMILES string of the molecule is CCN[C@H](C)Cc1nc2c(Cl)cccc2[nH]1. The lowest BCUT2D eigenvalue weighted by molar-refractivity contribution is 0.555. The molecule has 0 bridgehead atoms. The Balaban J connectivity index is 2.23. The molecule has 0 unspecified atom stereocenters. The molecule has 0 spiro atoms. The van der Waals surface area contributed by atoms with Gasteiger partial charge in [-0.1, -0.05) is 24.6 Å². The van der Waals surface area contributed by atoms with Crippen LogP contribution in [0.1, 0.15) is 19.7 Å². The number of nitrogens with one attached hydrogen (secondary N) is 2. The second-order valence-corrected chi connectivity index (χ2v) is 4.39. The lowest BCUT2D eigenvalue weighted by atomic mass is 10.2. The summed E-state index contributed by atoms with van der Waals surface area (Å²) in [7, 11) is 0. The van der Waals surface area contributed by atoms with Gasteiger partial charge in [-0.25, -0.2) is 4.98 Å². The van der Waals surface area contributed by atoms with Crippen molar-refractivity contribution in [1.29, 1.82) is 0 Å². The second kappa shape index (κ2) is 4.85. The predicted octanol–water partition coefficient (Wildman–Crippen LogP) is 2.76. The van der Waals surface area contributed by atoms with Crippen LogP contribution in [0.2, 0.25) is 5.02 Å². The molecule has 0 amide bonds. The number of benzene rings is 1. The van der Waals surface area contributed by atoms with Crippen LogP contribution >= 0.6 is 11.6 Å². The third-order valence-electron chi connectivity index (χ3n) is 2.56. The fraction of sp³-hybridized carbons (Fsp3) is 0.417. The minimum Gasteiger partial charge on any atom is -0.342 e. The van der Waals surface area contributed by atoms with Crippen LogP contribution in [0.3, 0.4) is 0 Å². The molecule has 2 N–H and O–H groups in total. The number of hydrogen-bond donors (Lipinski definition) is 2. The highest BCUT2D eigenvalue weighted by molar-refractivity contribution is 6.34. The van der Waals surface area contributed by atoms with Crippen LogP contribution in [0.4, 0.5) is 0 Å². The summed E-state index contributed by atoms with van der Waals surface area (Å²) >= 11 is 6.07. The van der Waals surface area contributed by atoms with E-state index in [1.165, 1.54) is 0 Å². The largest absolute Gasteiger partial charge is 0.342 e. The number of para-hydroxylation sites is 1. The van der Waals surface area contributed by atoms with Crippen molar-refractivity contribution in [2.45, 2.75) is 26.3 Å². The van der Waals surface area contributed by atoms with Gasteiger partial charge in [0, 0.05) is 12.5 Å². The van der Waals surface area contributed by atoms with Crippen LogP contribution in [-0.2, 0) is 6.42 Å². The smallest absolute Gasteiger partial charge is 0.108 e. The fourth-order valence-corrected chi connectivity index (χ4v) is 2.07. The Hall–Kier alpha value is -1.06. The molecule has 0 fully saturated rings. The van der Waals surface area contributed by atoms with E-state index in [1.54, 1.807) is 0 Å². The fourth-order valence-electron chi connectivity index (χ4n) is 1.86. The summed E-state index contributed by atoms with van der Waals surface area (Å²) in [6.07, 6.45) is 0.888. The Morgan fingerprint density at radius 3 is 3.00 bits per heavy atom. The van der Waals surface area contributed by atoms with E-state index in [9.17, 15) is 0 Å². The first-order valence-corrected chi connectivity index (χ1v) is 5.95. The first kappa shape index (κ1) is 11.4. The molecule has 0 aliphatic rings. The maximum Gasteiger partial charge on any atom is 0.108 e. The van der Waals surface area contributed by atoms with E-state index in [1.807, 2.05) is 18.2 Å². The number of halogens is 1. The molecule has 0 saturated carbocycles. The molecule has 2 aromatic rings. The molecule has 1 aromatic heterocycles. The average molecular weight is 238 g/mol. The van der Waals surface area contributed by atoms with E-state index in [0.717, 1.165) is 29.8 Å². The van der Waals surface area contributed by atoms with Gasteiger partial charge >= 0.3 is 0 Å². The van der Waals surface area contributed by atoms with Crippen molar-refractivity contribution < 1.29 is 0 Å². The Morgan fingerprint density at radius 2 is 2.31 bits per heavy atom. The number of H-pyrrole nitrogens is 1. The number of aromatic nitrogens is 2. The lowest BCUT2D eigenvalue weighted by Crippen LogP contribution is -2.27. The Kier molecular flexibility index (Phi) is 3.46. The van der Waals surface area contributed by atoms with Gasteiger partial charge in [-0.3, -0.25) is 0 Å². The molecular weight excluding hydrogens is 222 g/mol. The highest BCUT2D eigenvalue weighted by atomic mass is 35.5. The molecule has 4 heteroatoms. The standard InChI is InChI=1S/C12H16ClN3/c1-3-14-8(2)7-11-15-10-6-4-5-9(13)12(10)16-11/h4-6,8,14H,3,7H2,1-2H3,(H,15,16)/t8-/m1/s1. The van der Waals surface area contributed by atoms with E-state index < -0.39 is 0 Å². The van der Waals surface area contributed by atoms with Gasteiger partial charge in [-0.05, 0) is 25.6 Å². The zero-order valence-corrected chi connectivity index (χ0v) is 10.3. The van der Waals surface area contributed by atoms with E-state index in [4.69, 9.17) is 11.6 Å². The molecule has 0 aliphatic carbocycles. The topological polar surface area (TPSA) is 40.7 Å². The van der Waals surface area contributed by atoms with Crippen molar-refractivity contribution in [3.63, 3.8) is 0 Å². The first-order valence-electron chi connectivity index (χ1n) is 5.57. The number of rotatable bonds is 4. The molecule has 2 rings (SSSR count). The van der Waals surface area contributed by atoms with Gasteiger partial charge in [-0.15, -0.1) is 0 Å². The summed E-state index contributed by atoms with van der Waals surface area (Å²) in [4.78, 5) is 7.80. The van der Waals surface area contributed by atoms with Gasteiger partial charge < -0.3 is 10.3 Å². The van der Waals surface area contributed by atoms with Crippen molar-refractivity contribution in [2.24, 2.45) is 0 Å². The predicted molar refractivity (Wildman–Crippen MR) is 67.9 cm³/mol. The third-order valence-corrected chi connectivity index (χ3v) is 2.87. The van der Waals surface area contributed by atoms with Crippen LogP contribution < -0.4 is 5.32 Å². The van der Waals surface area contributed by atoms with E-state index in [2.05, 4.69) is 29.1 Å². The van der Waals surface area contributed by atoms with E-state index >= 15 is 0 Å². The van der Waals surface area contributed by atoms with Gasteiger partial charge in [-0.2, -0.15) is 0 Å². The van der Waals surface area contributed by atoms with Gasteiger partial charge in [0.1, 0.15) is 11.3 Å². The number of hydrogen-bond acceptors (Lipinski definition) is 2. The quantitative estimate of drug-likeness (QED) is 0.859. The summed E-state index contributed by atoms with van der Waals surface area (Å²) in [5.41, 5.74) is 1.87. The summed E-state index contributed by atoms with van der Waals surface area (Å²) < 4.78 is 0. The third kappa shape index (κ3) is 2.36. The molecule has 1 heterocycles. The molecular formula is C12H16ClN3. The Labute approximate surface area is 100 Å². The highest BCUT2D eigenvalue weighted by Crippen LogP contribution is 2.21. The normalized spacial score (nSPS) is 13.2. The minimum atomic E-state index is 0.421. The van der Waals surface area contributed by atoms with Gasteiger partial charge in [0.15, 0.2) is 0 Å². The number of likely N-dealkylation sites (N-methyl/N-ethyl adjacent to an activating group) is 1. The van der Waals surface area contributed by atoms with Gasteiger partial charge in [0.05, 0.1) is 10.5 Å². The van der Waals surface area contributed by atoms with Crippen LogP contribution in [0, 0.1) is 0 Å². The maximum atomic E-state index is 6.07. The second-order valence-electron chi connectivity index (χ2n) is 3.98. The molecule has 0 radical (unpaired) electrons. The van der Waals surface area contributed by atoms with Gasteiger partial charge in [0.2, 0.25) is 0 Å². The molecule has 16 heavy (non-hydrogen) atoms. The van der Waals surface area contributed by atoms with Crippen molar-refractivity contribution in [3.8, 4) is 0 Å². The average Bonchev–Trinajstić information content (AvgIpc) is 2.62. The number of fused-ring (bicyclic) bond motifs is 1. The van der Waals surface area contributed by atoms with Crippen molar-refractivity contribution in [2.75, 3.05) is 6.54 Å². The first-order chi connectivity index (χ1) is 7.70. The molecule has 0 aliphatic heterocycles. The summed E-state index contributed by atoms with van der Waals surface area (Å²) in [5.74, 6) is 0.983. The summed E-state index contributed by atoms with van der Waals surface area (Å²) in [5, 5.41) is 4.06. The molecule has 1 atom stereocenters. The summed E-state index contributed by atoms with van der Waals surface area (Å²) in [6.45, 7) is 5.23. The lowest BCUT2D eigenvalue weighted by Gasteiger charge is -2.09. The van der Waals surface area contributed by atoms with E-state index in [-0.39, 0.29) is 0 Å². The van der Waals surface area contributed by atoms with Crippen molar-refractivity contribution in [1.82, 2.24) is 15.3 Å². The molecule has 86 valence electrons. The Bertz CT molecular complexity index is 478. The zero-order chi connectivity index (χ0) is 11.5. The van der Waals surface area contributed by atoms with Crippen molar-refractivity contribution >= 4 is 22.6 Å². The van der Waals surface area contributed by atoms with Crippen LogP contribution in [0.15, 0.2) is 18.2 Å². The Morgan fingerprint density at radius 1 is 1.50 bits per heavy atom.